The van der Waals surface area contributed by atoms with Crippen LogP contribution in [0.25, 0.3) is 5.65 Å². The molecule has 2 aromatic rings. The second-order valence-electron chi connectivity index (χ2n) is 3.64. The quantitative estimate of drug-likeness (QED) is 0.694. The van der Waals surface area contributed by atoms with Gasteiger partial charge in [-0.05, 0) is 25.2 Å². The van der Waals surface area contributed by atoms with Crippen molar-refractivity contribution in [3.05, 3.63) is 23.0 Å². The maximum absolute atomic E-state index is 11.2. The molecule has 6 nitrogen and oxygen atoms in total. The van der Waals surface area contributed by atoms with Gasteiger partial charge >= 0.3 is 0 Å². The molecular weight excluding hydrogens is 288 g/mol. The lowest BCUT2D eigenvalue weighted by Crippen LogP contribution is -2.11. The van der Waals surface area contributed by atoms with Gasteiger partial charge in [0.25, 0.3) is 0 Å². The molecule has 0 saturated heterocycles. The maximum Gasteiger partial charge on any atom is 0.222 e. The number of ether oxygens (including phenoxy) is 1. The second kappa shape index (κ2) is 5.50. The zero-order valence-corrected chi connectivity index (χ0v) is 11.9. The van der Waals surface area contributed by atoms with Crippen LogP contribution < -0.4 is 5.32 Å². The van der Waals surface area contributed by atoms with E-state index in [4.69, 9.17) is 28.6 Å². The zero-order valence-electron chi connectivity index (χ0n) is 10.3. The molecule has 1 N–H and O–H groups in total. The Labute approximate surface area is 119 Å². The highest BCUT2D eigenvalue weighted by Gasteiger charge is 2.20. The van der Waals surface area contributed by atoms with Gasteiger partial charge in [0.05, 0.1) is 6.61 Å². The number of nitrogens with one attached hydrogen (secondary N) is 1. The van der Waals surface area contributed by atoms with Crippen molar-refractivity contribution < 1.29 is 9.53 Å². The zero-order chi connectivity index (χ0) is 14.0. The van der Waals surface area contributed by atoms with Gasteiger partial charge in [-0.15, -0.1) is 5.10 Å². The number of halogens is 1. The largest absolute Gasteiger partial charge is 0.483 e. The second-order valence-corrected chi connectivity index (χ2v) is 4.40. The summed E-state index contributed by atoms with van der Waals surface area (Å²) in [5.74, 6) is 0.0516. The highest BCUT2D eigenvalue weighted by atomic mass is 35.5. The summed E-state index contributed by atoms with van der Waals surface area (Å²) >= 11 is 11.0. The maximum atomic E-state index is 11.2. The topological polar surface area (TPSA) is 68.5 Å². The third kappa shape index (κ3) is 2.82. The van der Waals surface area contributed by atoms with Crippen LogP contribution in [0.1, 0.15) is 19.4 Å². The minimum Gasteiger partial charge on any atom is -0.483 e. The molecule has 0 atom stereocenters. The van der Waals surface area contributed by atoms with E-state index in [-0.39, 0.29) is 11.0 Å². The summed E-state index contributed by atoms with van der Waals surface area (Å²) in [6.07, 6.45) is 1.63. The first-order chi connectivity index (χ1) is 9.02. The van der Waals surface area contributed by atoms with Gasteiger partial charge < -0.3 is 10.1 Å². The van der Waals surface area contributed by atoms with E-state index < -0.39 is 0 Å². The fraction of sp³-hybridized carbons (Fsp3) is 0.273. The van der Waals surface area contributed by atoms with Crippen molar-refractivity contribution in [1.82, 2.24) is 14.6 Å². The van der Waals surface area contributed by atoms with Crippen molar-refractivity contribution in [2.24, 2.45) is 0 Å². The minimum atomic E-state index is -0.255. The molecule has 0 fully saturated rings. The van der Waals surface area contributed by atoms with Crippen LogP contribution >= 0.6 is 23.8 Å². The third-order valence-electron chi connectivity index (χ3n) is 2.23. The van der Waals surface area contributed by atoms with Crippen LogP contribution in [0.15, 0.2) is 12.3 Å². The molecule has 0 unspecified atom stereocenters. The van der Waals surface area contributed by atoms with E-state index in [1.165, 1.54) is 11.4 Å². The third-order valence-corrected chi connectivity index (χ3v) is 2.76. The molecule has 0 bridgehead atoms. The predicted molar refractivity (Wildman–Crippen MR) is 75.6 cm³/mol. The predicted octanol–water partition coefficient (Wildman–Crippen LogP) is 2.05. The molecule has 2 rings (SSSR count). The van der Waals surface area contributed by atoms with E-state index in [0.29, 0.717) is 28.8 Å². The number of amides is 1. The molecule has 0 saturated carbocycles. The van der Waals surface area contributed by atoms with Crippen LogP contribution in [0.3, 0.4) is 0 Å². The van der Waals surface area contributed by atoms with Crippen molar-refractivity contribution >= 4 is 46.2 Å². The molecule has 0 spiro atoms. The van der Waals surface area contributed by atoms with E-state index in [0.717, 1.165) is 0 Å². The number of thiocarbonyl (C=S) groups is 1. The number of rotatable bonds is 3. The molecule has 0 aromatic carbocycles. The Morgan fingerprint density at radius 1 is 1.63 bits per heavy atom. The molecule has 100 valence electrons. The minimum absolute atomic E-state index is 0.219. The van der Waals surface area contributed by atoms with Gasteiger partial charge in [-0.25, -0.2) is 9.50 Å². The number of carbonyl (C=O) groups is 1. The summed E-state index contributed by atoms with van der Waals surface area (Å²) in [6.45, 7) is 3.62. The Bertz CT molecular complexity index is 655. The summed E-state index contributed by atoms with van der Waals surface area (Å²) in [5.41, 5.74) is 0.893. The molecule has 2 aromatic heterocycles. The van der Waals surface area contributed by atoms with E-state index in [9.17, 15) is 4.79 Å². The summed E-state index contributed by atoms with van der Waals surface area (Å²) in [7, 11) is 0. The van der Waals surface area contributed by atoms with E-state index in [1.54, 1.807) is 12.3 Å². The number of hydrogen-bond acceptors (Lipinski definition) is 5. The lowest BCUT2D eigenvalue weighted by molar-refractivity contribution is -0.114. The van der Waals surface area contributed by atoms with Crippen LogP contribution in [0.5, 0.6) is 0 Å². The molecule has 0 aliphatic heterocycles. The Morgan fingerprint density at radius 2 is 2.37 bits per heavy atom. The fourth-order valence-corrected chi connectivity index (χ4v) is 1.99. The summed E-state index contributed by atoms with van der Waals surface area (Å²) in [4.78, 5) is 15.4. The van der Waals surface area contributed by atoms with Crippen molar-refractivity contribution in [3.8, 4) is 0 Å². The highest BCUT2D eigenvalue weighted by molar-refractivity contribution is 7.80. The van der Waals surface area contributed by atoms with Gasteiger partial charge in [-0.2, -0.15) is 0 Å². The molecule has 1 amide bonds. The number of nitrogens with zero attached hydrogens (tertiary/aromatic N) is 3. The standard InChI is InChI=1S/C11H11ClN4O2S/c1-3-18-11(19)8-9(13-6(2)17)15-16-5-4-7(12)14-10(8)16/h4-5H,3H2,1-2H3,(H,13,15,17). The first kappa shape index (κ1) is 13.7. The van der Waals surface area contributed by atoms with Gasteiger partial charge in [-0.1, -0.05) is 11.6 Å². The van der Waals surface area contributed by atoms with Crippen molar-refractivity contribution in [3.63, 3.8) is 0 Å². The summed E-state index contributed by atoms with van der Waals surface area (Å²) in [6, 6.07) is 1.59. The van der Waals surface area contributed by atoms with Crippen LogP contribution in [0, 0.1) is 0 Å². The van der Waals surface area contributed by atoms with Crippen LogP contribution in [0.4, 0.5) is 5.82 Å². The average Bonchev–Trinajstić information content (AvgIpc) is 2.65. The molecule has 0 aliphatic rings. The van der Waals surface area contributed by atoms with Crippen molar-refractivity contribution in [2.45, 2.75) is 13.8 Å². The van der Waals surface area contributed by atoms with Gasteiger partial charge in [-0.3, -0.25) is 4.79 Å². The first-order valence-corrected chi connectivity index (χ1v) is 6.31. The van der Waals surface area contributed by atoms with Gasteiger partial charge in [0.15, 0.2) is 16.5 Å². The number of fused-ring (bicyclic) bond motifs is 1. The van der Waals surface area contributed by atoms with Crippen LogP contribution in [-0.4, -0.2) is 32.2 Å². The van der Waals surface area contributed by atoms with Crippen molar-refractivity contribution in [1.29, 1.82) is 0 Å². The normalized spacial score (nSPS) is 10.5. The molecule has 2 heterocycles. The van der Waals surface area contributed by atoms with Gasteiger partial charge in [0, 0.05) is 13.1 Å². The smallest absolute Gasteiger partial charge is 0.222 e. The fourth-order valence-electron chi connectivity index (χ4n) is 1.55. The van der Waals surface area contributed by atoms with E-state index in [1.807, 2.05) is 6.92 Å². The van der Waals surface area contributed by atoms with Gasteiger partial charge in [0.1, 0.15) is 10.7 Å². The number of anilines is 1. The van der Waals surface area contributed by atoms with Crippen LogP contribution in [0.2, 0.25) is 5.15 Å². The summed E-state index contributed by atoms with van der Waals surface area (Å²) in [5, 5.41) is 7.32. The Balaban J connectivity index is 2.62. The first-order valence-electron chi connectivity index (χ1n) is 5.52. The molecule has 8 heteroatoms. The number of aromatic nitrogens is 3. The lowest BCUT2D eigenvalue weighted by atomic mass is 10.3. The van der Waals surface area contributed by atoms with Gasteiger partial charge in [0.2, 0.25) is 5.91 Å². The molecule has 0 aliphatic carbocycles. The Hall–Kier alpha value is -1.73. The van der Waals surface area contributed by atoms with Crippen LogP contribution in [-0.2, 0) is 9.53 Å². The Kier molecular flexibility index (Phi) is 3.96. The van der Waals surface area contributed by atoms with E-state index in [2.05, 4.69) is 15.4 Å². The molecular formula is C11H11ClN4O2S. The van der Waals surface area contributed by atoms with Crippen molar-refractivity contribution in [2.75, 3.05) is 11.9 Å². The SMILES string of the molecule is CCOC(=S)c1c(NC(C)=O)nn2ccc(Cl)nc12. The monoisotopic (exact) mass is 298 g/mol. The highest BCUT2D eigenvalue weighted by Crippen LogP contribution is 2.22. The summed E-state index contributed by atoms with van der Waals surface area (Å²) < 4.78 is 6.78. The molecule has 0 radical (unpaired) electrons. The number of carbonyl (C=O) groups excluding carboxylic acids is 1. The Morgan fingerprint density at radius 3 is 3.00 bits per heavy atom. The molecule has 19 heavy (non-hydrogen) atoms. The number of hydrogen-bond donors (Lipinski definition) is 1. The lowest BCUT2D eigenvalue weighted by Gasteiger charge is -2.05. The van der Waals surface area contributed by atoms with E-state index >= 15 is 0 Å². The average molecular weight is 299 g/mol.